The van der Waals surface area contributed by atoms with Gasteiger partial charge in [-0.05, 0) is 6.92 Å². The van der Waals surface area contributed by atoms with Crippen molar-refractivity contribution < 1.29 is 14.6 Å². The summed E-state index contributed by atoms with van der Waals surface area (Å²) in [5.41, 5.74) is 0. The van der Waals surface area contributed by atoms with Gasteiger partial charge in [-0.15, -0.1) is 0 Å². The average Bonchev–Trinajstić information content (AvgIpc) is 1.85. The van der Waals surface area contributed by atoms with Crippen molar-refractivity contribution in [3.63, 3.8) is 0 Å². The molecule has 1 aliphatic rings. The molecule has 3 nitrogen and oxygen atoms in total. The topological polar surface area (TPSA) is 46.5 Å². The molecule has 1 saturated heterocycles. The molecule has 1 N–H and O–H groups in total. The van der Waals surface area contributed by atoms with Gasteiger partial charge in [0.1, 0.15) is 6.10 Å². The molecule has 8 heavy (non-hydrogen) atoms. The van der Waals surface area contributed by atoms with Gasteiger partial charge in [-0.1, -0.05) is 0 Å². The summed E-state index contributed by atoms with van der Waals surface area (Å²) < 4.78 is 4.58. The Kier molecular flexibility index (Phi) is 1.21. The van der Waals surface area contributed by atoms with E-state index in [4.69, 9.17) is 5.11 Å². The van der Waals surface area contributed by atoms with Crippen molar-refractivity contribution in [2.45, 2.75) is 25.6 Å². The van der Waals surface area contributed by atoms with E-state index in [0.717, 1.165) is 0 Å². The van der Waals surface area contributed by atoms with Crippen molar-refractivity contribution in [1.82, 2.24) is 0 Å². The van der Waals surface area contributed by atoms with Crippen LogP contribution < -0.4 is 0 Å². The van der Waals surface area contributed by atoms with E-state index in [0.29, 0.717) is 6.42 Å². The summed E-state index contributed by atoms with van der Waals surface area (Å²) in [5.74, 6) is -0.488. The maximum absolute atomic E-state index is 10.3. The molecule has 0 aliphatic carbocycles. The van der Waals surface area contributed by atoms with Gasteiger partial charge >= 0.3 is 5.97 Å². The second-order valence-corrected chi connectivity index (χ2v) is 2.00. The summed E-state index contributed by atoms with van der Waals surface area (Å²) in [4.78, 5) is 10.3. The standard InChI is InChI=1S/C5H8O3/c1-3-2-4(6)5(7)8-3/h3-4,6H,2H2,1H3/t3-,4+/m0/s1. The summed E-state index contributed by atoms with van der Waals surface area (Å²) in [6.45, 7) is 1.76. The Morgan fingerprint density at radius 1 is 1.88 bits per heavy atom. The molecular weight excluding hydrogens is 108 g/mol. The lowest BCUT2D eigenvalue weighted by Crippen LogP contribution is -2.11. The molecule has 0 aromatic carbocycles. The minimum absolute atomic E-state index is 0.0995. The zero-order valence-electron chi connectivity index (χ0n) is 4.63. The first-order chi connectivity index (χ1) is 3.70. The van der Waals surface area contributed by atoms with Crippen LogP contribution in [-0.4, -0.2) is 23.3 Å². The fourth-order valence-corrected chi connectivity index (χ4v) is 0.736. The monoisotopic (exact) mass is 116 g/mol. The fourth-order valence-electron chi connectivity index (χ4n) is 0.736. The van der Waals surface area contributed by atoms with Gasteiger partial charge < -0.3 is 9.84 Å². The normalized spacial score (nSPS) is 37.5. The van der Waals surface area contributed by atoms with Gasteiger partial charge in [0.15, 0.2) is 6.10 Å². The zero-order chi connectivity index (χ0) is 6.15. The lowest BCUT2D eigenvalue weighted by atomic mass is 10.2. The van der Waals surface area contributed by atoms with Crippen LogP contribution in [0.2, 0.25) is 0 Å². The maximum Gasteiger partial charge on any atom is 0.335 e. The molecule has 0 bridgehead atoms. The third-order valence-electron chi connectivity index (χ3n) is 1.14. The Bertz CT molecular complexity index is 110. The Balaban J connectivity index is 2.51. The van der Waals surface area contributed by atoms with Crippen LogP contribution in [0.4, 0.5) is 0 Å². The molecule has 0 unspecified atom stereocenters. The van der Waals surface area contributed by atoms with Gasteiger partial charge in [0.25, 0.3) is 0 Å². The van der Waals surface area contributed by atoms with Gasteiger partial charge in [-0.3, -0.25) is 0 Å². The summed E-state index contributed by atoms with van der Waals surface area (Å²) >= 11 is 0. The van der Waals surface area contributed by atoms with Crippen molar-refractivity contribution in [2.24, 2.45) is 0 Å². The van der Waals surface area contributed by atoms with Crippen LogP contribution in [0.15, 0.2) is 0 Å². The average molecular weight is 116 g/mol. The third kappa shape index (κ3) is 0.816. The van der Waals surface area contributed by atoms with Crippen molar-refractivity contribution in [2.75, 3.05) is 0 Å². The summed E-state index contributed by atoms with van der Waals surface area (Å²) in [6.07, 6.45) is -0.527. The Morgan fingerprint density at radius 2 is 2.50 bits per heavy atom. The van der Waals surface area contributed by atoms with Crippen molar-refractivity contribution in [3.8, 4) is 0 Å². The van der Waals surface area contributed by atoms with Crippen LogP contribution in [0, 0.1) is 0 Å². The first-order valence-corrected chi connectivity index (χ1v) is 2.58. The van der Waals surface area contributed by atoms with Gasteiger partial charge in [0, 0.05) is 6.42 Å². The minimum atomic E-state index is -0.870. The van der Waals surface area contributed by atoms with Crippen LogP contribution in [0.5, 0.6) is 0 Å². The maximum atomic E-state index is 10.3. The summed E-state index contributed by atoms with van der Waals surface area (Å²) in [7, 11) is 0. The van der Waals surface area contributed by atoms with E-state index in [2.05, 4.69) is 4.74 Å². The van der Waals surface area contributed by atoms with E-state index >= 15 is 0 Å². The molecule has 1 rings (SSSR count). The third-order valence-corrected chi connectivity index (χ3v) is 1.14. The lowest BCUT2D eigenvalue weighted by Gasteiger charge is -1.94. The first kappa shape index (κ1) is 5.56. The van der Waals surface area contributed by atoms with Gasteiger partial charge in [0.2, 0.25) is 0 Å². The van der Waals surface area contributed by atoms with Crippen LogP contribution in [0.1, 0.15) is 13.3 Å². The molecular formula is C5H8O3. The number of rotatable bonds is 0. The van der Waals surface area contributed by atoms with Crippen LogP contribution in [0.3, 0.4) is 0 Å². The SMILES string of the molecule is C[C@H]1C[C@@H](O)C(=O)O1. The molecule has 0 spiro atoms. The van der Waals surface area contributed by atoms with E-state index < -0.39 is 12.1 Å². The zero-order valence-corrected chi connectivity index (χ0v) is 4.63. The molecule has 0 radical (unpaired) electrons. The van der Waals surface area contributed by atoms with E-state index in [-0.39, 0.29) is 6.10 Å². The molecule has 1 aliphatic heterocycles. The first-order valence-electron chi connectivity index (χ1n) is 2.58. The van der Waals surface area contributed by atoms with Crippen molar-refractivity contribution in [1.29, 1.82) is 0 Å². The smallest absolute Gasteiger partial charge is 0.335 e. The highest BCUT2D eigenvalue weighted by atomic mass is 16.6. The molecule has 46 valence electrons. The van der Waals surface area contributed by atoms with Crippen LogP contribution in [0.25, 0.3) is 0 Å². The fraction of sp³-hybridized carbons (Fsp3) is 0.800. The molecule has 0 aromatic rings. The van der Waals surface area contributed by atoms with Gasteiger partial charge in [-0.25, -0.2) is 4.79 Å². The second kappa shape index (κ2) is 1.74. The van der Waals surface area contributed by atoms with Crippen LogP contribution in [-0.2, 0) is 9.53 Å². The predicted octanol–water partition coefficient (Wildman–Crippen LogP) is -0.317. The predicted molar refractivity (Wildman–Crippen MR) is 26.2 cm³/mol. The molecule has 0 saturated carbocycles. The number of ether oxygens (including phenoxy) is 1. The molecule has 1 fully saturated rings. The largest absolute Gasteiger partial charge is 0.461 e. The number of esters is 1. The molecule has 0 aromatic heterocycles. The van der Waals surface area contributed by atoms with E-state index in [1.54, 1.807) is 6.92 Å². The Hall–Kier alpha value is -0.570. The molecule has 1 heterocycles. The van der Waals surface area contributed by atoms with Crippen LogP contribution >= 0.6 is 0 Å². The summed E-state index contributed by atoms with van der Waals surface area (Å²) in [5, 5.41) is 8.69. The Morgan fingerprint density at radius 3 is 2.62 bits per heavy atom. The van der Waals surface area contributed by atoms with E-state index in [1.807, 2.05) is 0 Å². The number of carbonyl (C=O) groups is 1. The highest BCUT2D eigenvalue weighted by molar-refractivity contribution is 5.76. The highest BCUT2D eigenvalue weighted by Gasteiger charge is 2.29. The van der Waals surface area contributed by atoms with Gasteiger partial charge in [0.05, 0.1) is 0 Å². The van der Waals surface area contributed by atoms with E-state index in [1.165, 1.54) is 0 Å². The molecule has 3 heteroatoms. The Labute approximate surface area is 47.3 Å². The highest BCUT2D eigenvalue weighted by Crippen LogP contribution is 2.12. The van der Waals surface area contributed by atoms with Crippen molar-refractivity contribution in [3.05, 3.63) is 0 Å². The lowest BCUT2D eigenvalue weighted by molar-refractivity contribution is -0.146. The number of aliphatic hydroxyl groups is 1. The number of hydrogen-bond donors (Lipinski definition) is 1. The summed E-state index contributed by atoms with van der Waals surface area (Å²) in [6, 6.07) is 0. The second-order valence-electron chi connectivity index (χ2n) is 2.00. The minimum Gasteiger partial charge on any atom is -0.461 e. The van der Waals surface area contributed by atoms with Crippen molar-refractivity contribution >= 4 is 5.97 Å². The van der Waals surface area contributed by atoms with E-state index in [9.17, 15) is 4.79 Å². The number of carbonyl (C=O) groups excluding carboxylic acids is 1. The number of hydrogen-bond acceptors (Lipinski definition) is 3. The molecule has 2 atom stereocenters. The quantitative estimate of drug-likeness (QED) is 0.441. The van der Waals surface area contributed by atoms with Gasteiger partial charge in [-0.2, -0.15) is 0 Å². The number of cyclic esters (lactones) is 1. The number of aliphatic hydroxyl groups excluding tert-OH is 1. The molecule has 0 amide bonds.